The van der Waals surface area contributed by atoms with Gasteiger partial charge in [0.1, 0.15) is 0 Å². The lowest BCUT2D eigenvalue weighted by molar-refractivity contribution is -0.130. The molecule has 5 rings (SSSR count). The number of hydrogen-bond acceptors (Lipinski definition) is 7. The van der Waals surface area contributed by atoms with Gasteiger partial charge in [-0.25, -0.2) is 22.8 Å². The van der Waals surface area contributed by atoms with Crippen molar-refractivity contribution in [2.24, 2.45) is 0 Å². The summed E-state index contributed by atoms with van der Waals surface area (Å²) in [6, 6.07) is 18.8. The molecule has 10 nitrogen and oxygen atoms in total. The van der Waals surface area contributed by atoms with Crippen LogP contribution in [0.15, 0.2) is 90.0 Å². The van der Waals surface area contributed by atoms with Gasteiger partial charge in [-0.15, -0.1) is 0 Å². The Bertz CT molecular complexity index is 1800. The van der Waals surface area contributed by atoms with Crippen LogP contribution in [0.2, 0.25) is 0 Å². The van der Waals surface area contributed by atoms with E-state index < -0.39 is 33.1 Å². The average molecular weight is 639 g/mol. The average Bonchev–Trinajstić information content (AvgIpc) is 3.05. The molecule has 0 radical (unpaired) electrons. The van der Waals surface area contributed by atoms with E-state index in [1.807, 2.05) is 0 Å². The number of nitrogens with one attached hydrogen (secondary N) is 2. The van der Waals surface area contributed by atoms with Crippen molar-refractivity contribution in [3.8, 4) is 11.3 Å². The van der Waals surface area contributed by atoms with Gasteiger partial charge in [0.15, 0.2) is 6.67 Å². The molecular weight excluding hydrogens is 609 g/mol. The molecule has 234 valence electrons. The standard InChI is InChI=1S/C31H29F3N6O4S/c1-21(41)39-15-17-40(18-16-39)29(42)23-7-9-25(10-8-23)36-30-35-14-13-28(37-30)22-5-11-26(12-6-22)38-45(43,44)27-4-2-3-24(19-27)31(33,34)20-32/h2-14,19,38H,15-18,20H2,1H3,(H,35,36,37). The van der Waals surface area contributed by atoms with E-state index in [-0.39, 0.29) is 17.5 Å². The highest BCUT2D eigenvalue weighted by molar-refractivity contribution is 7.92. The number of anilines is 3. The van der Waals surface area contributed by atoms with Gasteiger partial charge in [-0.2, -0.15) is 8.78 Å². The van der Waals surface area contributed by atoms with Crippen molar-refractivity contribution >= 4 is 39.2 Å². The quantitative estimate of drug-likeness (QED) is 0.263. The zero-order valence-corrected chi connectivity index (χ0v) is 24.9. The molecule has 1 fully saturated rings. The van der Waals surface area contributed by atoms with E-state index in [0.717, 1.165) is 24.3 Å². The summed E-state index contributed by atoms with van der Waals surface area (Å²) in [5, 5.41) is 3.10. The van der Waals surface area contributed by atoms with Crippen LogP contribution < -0.4 is 10.0 Å². The molecule has 0 saturated carbocycles. The lowest BCUT2D eigenvalue weighted by Gasteiger charge is -2.34. The summed E-state index contributed by atoms with van der Waals surface area (Å²) in [4.78, 5) is 36.2. The van der Waals surface area contributed by atoms with Crippen LogP contribution in [0.3, 0.4) is 0 Å². The largest absolute Gasteiger partial charge is 0.339 e. The Morgan fingerprint density at radius 3 is 2.18 bits per heavy atom. The molecule has 2 N–H and O–H groups in total. The van der Waals surface area contributed by atoms with E-state index >= 15 is 0 Å². The van der Waals surface area contributed by atoms with Crippen LogP contribution in [0.4, 0.5) is 30.5 Å². The van der Waals surface area contributed by atoms with Gasteiger partial charge in [-0.3, -0.25) is 14.3 Å². The Morgan fingerprint density at radius 2 is 1.53 bits per heavy atom. The van der Waals surface area contributed by atoms with Crippen molar-refractivity contribution in [2.45, 2.75) is 17.7 Å². The molecule has 45 heavy (non-hydrogen) atoms. The Kier molecular flexibility index (Phi) is 9.04. The normalized spacial score (nSPS) is 13.8. The number of alkyl halides is 3. The minimum Gasteiger partial charge on any atom is -0.339 e. The number of benzene rings is 3. The minimum atomic E-state index is -4.22. The molecule has 2 heterocycles. The fourth-order valence-corrected chi connectivity index (χ4v) is 5.81. The van der Waals surface area contributed by atoms with E-state index in [1.165, 1.54) is 19.1 Å². The fourth-order valence-electron chi connectivity index (χ4n) is 4.70. The summed E-state index contributed by atoms with van der Waals surface area (Å²) in [6.07, 6.45) is 1.56. The first kappa shape index (κ1) is 31.4. The summed E-state index contributed by atoms with van der Waals surface area (Å²) in [7, 11) is -4.22. The molecule has 1 aliphatic rings. The maximum absolute atomic E-state index is 13.7. The number of carbonyl (C=O) groups excluding carboxylic acids is 2. The molecule has 3 aromatic carbocycles. The van der Waals surface area contributed by atoms with Gasteiger partial charge in [0, 0.05) is 67.4 Å². The van der Waals surface area contributed by atoms with Gasteiger partial charge < -0.3 is 15.1 Å². The molecule has 1 aromatic heterocycles. The van der Waals surface area contributed by atoms with Crippen LogP contribution in [0, 0.1) is 0 Å². The fraction of sp³-hybridized carbons (Fsp3) is 0.226. The minimum absolute atomic E-state index is 0.00290. The highest BCUT2D eigenvalue weighted by atomic mass is 32.2. The van der Waals surface area contributed by atoms with Crippen LogP contribution in [0.1, 0.15) is 22.8 Å². The Hall–Kier alpha value is -4.98. The first-order chi connectivity index (χ1) is 21.4. The predicted octanol–water partition coefficient (Wildman–Crippen LogP) is 5.05. The van der Waals surface area contributed by atoms with E-state index in [0.29, 0.717) is 54.6 Å². The maximum atomic E-state index is 13.7. The molecule has 0 bridgehead atoms. The van der Waals surface area contributed by atoms with Gasteiger partial charge >= 0.3 is 5.92 Å². The maximum Gasteiger partial charge on any atom is 0.301 e. The van der Waals surface area contributed by atoms with Crippen molar-refractivity contribution < 1.29 is 31.2 Å². The molecule has 2 amide bonds. The number of sulfonamides is 1. The number of nitrogens with zero attached hydrogens (tertiary/aromatic N) is 4. The van der Waals surface area contributed by atoms with Crippen LogP contribution in [0.5, 0.6) is 0 Å². The number of piperazine rings is 1. The molecule has 1 saturated heterocycles. The monoisotopic (exact) mass is 638 g/mol. The van der Waals surface area contributed by atoms with E-state index in [4.69, 9.17) is 0 Å². The van der Waals surface area contributed by atoms with Crippen molar-refractivity contribution in [3.05, 3.63) is 96.2 Å². The summed E-state index contributed by atoms with van der Waals surface area (Å²) < 4.78 is 68.2. The van der Waals surface area contributed by atoms with Gasteiger partial charge in [-0.1, -0.05) is 24.3 Å². The second kappa shape index (κ2) is 12.9. The van der Waals surface area contributed by atoms with E-state index in [9.17, 15) is 31.2 Å². The number of amides is 2. The number of aromatic nitrogens is 2. The van der Waals surface area contributed by atoms with Gasteiger partial charge in [0.25, 0.3) is 15.9 Å². The highest BCUT2D eigenvalue weighted by Gasteiger charge is 2.32. The summed E-state index contributed by atoms with van der Waals surface area (Å²) in [5.41, 5.74) is 1.82. The van der Waals surface area contributed by atoms with Gasteiger partial charge in [-0.05, 0) is 54.6 Å². The molecule has 14 heteroatoms. The van der Waals surface area contributed by atoms with Crippen LogP contribution >= 0.6 is 0 Å². The van der Waals surface area contributed by atoms with Crippen LogP contribution in [0.25, 0.3) is 11.3 Å². The molecule has 1 aliphatic heterocycles. The zero-order chi connectivity index (χ0) is 32.2. The molecule has 0 atom stereocenters. The number of hydrogen-bond donors (Lipinski definition) is 2. The number of carbonyl (C=O) groups is 2. The second-order valence-electron chi connectivity index (χ2n) is 10.3. The third-order valence-corrected chi connectivity index (χ3v) is 8.60. The van der Waals surface area contributed by atoms with Crippen LogP contribution in [-0.4, -0.2) is 72.9 Å². The highest BCUT2D eigenvalue weighted by Crippen LogP contribution is 2.30. The van der Waals surface area contributed by atoms with E-state index in [1.54, 1.807) is 58.5 Å². The molecule has 0 aliphatic carbocycles. The van der Waals surface area contributed by atoms with E-state index in [2.05, 4.69) is 20.0 Å². The predicted molar refractivity (Wildman–Crippen MR) is 162 cm³/mol. The molecule has 4 aromatic rings. The third kappa shape index (κ3) is 7.40. The Labute approximate surface area is 258 Å². The summed E-state index contributed by atoms with van der Waals surface area (Å²) in [5.74, 6) is -3.62. The number of rotatable bonds is 9. The SMILES string of the molecule is CC(=O)N1CCN(C(=O)c2ccc(Nc3nccc(-c4ccc(NS(=O)(=O)c5cccc(C(F)(F)CF)c5)cc4)n3)cc2)CC1. The number of halogens is 3. The topological polar surface area (TPSA) is 125 Å². The van der Waals surface area contributed by atoms with Crippen molar-refractivity contribution in [3.63, 3.8) is 0 Å². The summed E-state index contributed by atoms with van der Waals surface area (Å²) in [6.45, 7) is 1.54. The summed E-state index contributed by atoms with van der Waals surface area (Å²) >= 11 is 0. The third-order valence-electron chi connectivity index (χ3n) is 7.22. The van der Waals surface area contributed by atoms with Crippen molar-refractivity contribution in [1.82, 2.24) is 19.8 Å². The van der Waals surface area contributed by atoms with Gasteiger partial charge in [0.05, 0.1) is 10.6 Å². The zero-order valence-electron chi connectivity index (χ0n) is 24.1. The first-order valence-electron chi connectivity index (χ1n) is 13.9. The Balaban J connectivity index is 1.22. The van der Waals surface area contributed by atoms with Crippen molar-refractivity contribution in [1.29, 1.82) is 0 Å². The Morgan fingerprint density at radius 1 is 0.889 bits per heavy atom. The molecule has 0 spiro atoms. The van der Waals surface area contributed by atoms with Crippen LogP contribution in [-0.2, 0) is 20.7 Å². The van der Waals surface area contributed by atoms with Gasteiger partial charge in [0.2, 0.25) is 11.9 Å². The molecule has 0 unspecified atom stereocenters. The lowest BCUT2D eigenvalue weighted by Crippen LogP contribution is -2.50. The molecular formula is C31H29F3N6O4S. The lowest BCUT2D eigenvalue weighted by atomic mass is 10.1. The van der Waals surface area contributed by atoms with Crippen molar-refractivity contribution in [2.75, 3.05) is 42.9 Å². The second-order valence-corrected chi connectivity index (χ2v) is 12.0. The smallest absolute Gasteiger partial charge is 0.301 e. The first-order valence-corrected chi connectivity index (χ1v) is 15.4.